The van der Waals surface area contributed by atoms with Gasteiger partial charge in [-0.2, -0.15) is 0 Å². The molecule has 0 radical (unpaired) electrons. The standard InChI is InChI=1S/C51H83N7O22/c1-21(53-29(60)19-26(58-42(64)23(3)55-47(66)80-48(5,6)7)32-35(68-15)38-45(72-32)78-50(10,11)75-38)40(62)56-25(31-34(67-14)37-44(71-31)77-49(8,9)74-37)18-28(59)52-22(2)41(63)57-27(20-30(61)54-24(4)43(65)70-17)33-36(69-16)39-46(73-33)79-51(12,13)76-39/h21-27,31-39,44-46H,18-20H2,1-17H3,(H,52,59)(H,53,60)(H,54,61)(H,55,66)(H,56,62)(H,57,63)(H,58,64)/t21-,22-,23-,24-,25-,26-,27-,31+,32+,33+,34-,35-,36-,37+,38+,39+,44+,45+,46+/m0/s1. The zero-order valence-corrected chi connectivity index (χ0v) is 48.6. The van der Waals surface area contributed by atoms with E-state index >= 15 is 0 Å². The van der Waals surface area contributed by atoms with Gasteiger partial charge in [0.2, 0.25) is 35.4 Å². The highest BCUT2D eigenvalue weighted by molar-refractivity contribution is 5.91. The fourth-order valence-electron chi connectivity index (χ4n) is 10.4. The van der Waals surface area contributed by atoms with E-state index in [1.807, 2.05) is 0 Å². The minimum Gasteiger partial charge on any atom is -0.467 e. The third-order valence-electron chi connectivity index (χ3n) is 13.9. The summed E-state index contributed by atoms with van der Waals surface area (Å²) in [6, 6.07) is -8.27. The molecule has 6 saturated heterocycles. The van der Waals surface area contributed by atoms with Gasteiger partial charge in [0.25, 0.3) is 0 Å². The molecule has 6 rings (SSSR count). The van der Waals surface area contributed by atoms with Crippen LogP contribution >= 0.6 is 0 Å². The lowest BCUT2D eigenvalue weighted by molar-refractivity contribution is -0.220. The summed E-state index contributed by atoms with van der Waals surface area (Å²) >= 11 is 0. The number of carbonyl (C=O) groups is 8. The van der Waals surface area contributed by atoms with E-state index in [0.29, 0.717) is 0 Å². The van der Waals surface area contributed by atoms with Crippen LogP contribution < -0.4 is 37.2 Å². The monoisotopic (exact) mass is 1150 g/mol. The number of carbonyl (C=O) groups excluding carboxylic acids is 8. The van der Waals surface area contributed by atoms with Crippen LogP contribution in [-0.2, 0) is 99.9 Å². The molecule has 0 spiro atoms. The molecule has 6 aliphatic heterocycles. The van der Waals surface area contributed by atoms with E-state index in [9.17, 15) is 38.4 Å². The molecule has 454 valence electrons. The minimum absolute atomic E-state index is 0.419. The Morgan fingerprint density at radius 3 is 1.00 bits per heavy atom. The van der Waals surface area contributed by atoms with Crippen LogP contribution in [0, 0.1) is 0 Å². The summed E-state index contributed by atoms with van der Waals surface area (Å²) in [4.78, 5) is 108. The van der Waals surface area contributed by atoms with Crippen LogP contribution in [0.1, 0.15) is 109 Å². The predicted octanol–water partition coefficient (Wildman–Crippen LogP) is -1.11. The molecular weight excluding hydrogens is 1060 g/mol. The first-order valence-electron chi connectivity index (χ1n) is 26.7. The van der Waals surface area contributed by atoms with Gasteiger partial charge >= 0.3 is 12.1 Å². The number of methoxy groups -OCH3 is 4. The zero-order chi connectivity index (χ0) is 59.6. The van der Waals surface area contributed by atoms with E-state index < -0.39 is 206 Å². The number of alkyl carbamates (subject to hydrolysis) is 1. The molecule has 7 amide bonds. The smallest absolute Gasteiger partial charge is 0.408 e. The van der Waals surface area contributed by atoms with Crippen LogP contribution in [-0.4, -0.2) is 215 Å². The number of hydrogen-bond donors (Lipinski definition) is 7. The van der Waals surface area contributed by atoms with E-state index in [0.717, 1.165) is 0 Å². The lowest BCUT2D eigenvalue weighted by atomic mass is 9.98. The molecular formula is C51H83N7O22. The Balaban J connectivity index is 1.16. The fraction of sp³-hybridized carbons (Fsp3) is 0.843. The van der Waals surface area contributed by atoms with Gasteiger partial charge < -0.3 is 104 Å². The largest absolute Gasteiger partial charge is 0.467 e. The number of ether oxygens (including phenoxy) is 14. The van der Waals surface area contributed by atoms with Gasteiger partial charge in [-0.25, -0.2) is 9.59 Å². The summed E-state index contributed by atoms with van der Waals surface area (Å²) in [6.45, 7) is 20.8. The third kappa shape index (κ3) is 16.0. The molecule has 6 heterocycles. The summed E-state index contributed by atoms with van der Waals surface area (Å²) in [7, 11) is 5.39. The molecule has 7 N–H and O–H groups in total. The molecule has 6 aliphatic rings. The Bertz CT molecular complexity index is 2270. The van der Waals surface area contributed by atoms with E-state index in [-0.39, 0.29) is 0 Å². The van der Waals surface area contributed by atoms with Crippen LogP contribution in [0.4, 0.5) is 4.79 Å². The van der Waals surface area contributed by atoms with Crippen molar-refractivity contribution >= 4 is 47.5 Å². The predicted molar refractivity (Wildman–Crippen MR) is 272 cm³/mol. The lowest BCUT2D eigenvalue weighted by Crippen LogP contribution is -2.58. The van der Waals surface area contributed by atoms with Crippen molar-refractivity contribution < 1.29 is 105 Å². The maximum atomic E-state index is 14.2. The summed E-state index contributed by atoms with van der Waals surface area (Å²) < 4.78 is 82.1. The van der Waals surface area contributed by atoms with Crippen LogP contribution in [0.15, 0.2) is 0 Å². The molecule has 0 aromatic heterocycles. The second kappa shape index (κ2) is 25.7. The first kappa shape index (κ1) is 64.3. The highest BCUT2D eigenvalue weighted by Gasteiger charge is 2.60. The van der Waals surface area contributed by atoms with Crippen molar-refractivity contribution in [3.63, 3.8) is 0 Å². The van der Waals surface area contributed by atoms with Crippen LogP contribution in [0.5, 0.6) is 0 Å². The van der Waals surface area contributed by atoms with E-state index in [1.165, 1.54) is 56.1 Å². The molecule has 0 bridgehead atoms. The van der Waals surface area contributed by atoms with Gasteiger partial charge in [-0.3, -0.25) is 28.8 Å². The van der Waals surface area contributed by atoms with Crippen LogP contribution in [0.3, 0.4) is 0 Å². The Labute approximate surface area is 465 Å². The van der Waals surface area contributed by atoms with Gasteiger partial charge in [0, 0.05) is 40.6 Å². The van der Waals surface area contributed by atoms with Crippen LogP contribution in [0.2, 0.25) is 0 Å². The van der Waals surface area contributed by atoms with E-state index in [4.69, 9.17) is 66.3 Å². The SMILES string of the molecule is COC(=O)[C@H](C)NC(=O)C[C@H](NC(=O)[C@H](C)NC(=O)C[C@H](NC(=O)[C@H](C)NC(=O)C[C@H](NC(=O)[C@H](C)NC(=O)OC(C)(C)C)[C@H]1O[C@@H]2OC(C)(C)O[C@@H]2[C@H]1OC)[C@H]1O[C@@H]2OC(C)(C)O[C@@H]2[C@H]1OC)[C@H]1O[C@@H]2OC(C)(C)O[C@@H]2[C@H]1OC. The van der Waals surface area contributed by atoms with Crippen molar-refractivity contribution in [1.82, 2.24) is 37.2 Å². The van der Waals surface area contributed by atoms with E-state index in [1.54, 1.807) is 62.3 Å². The number of nitrogens with one attached hydrogen (secondary N) is 7. The van der Waals surface area contributed by atoms with Gasteiger partial charge in [0.15, 0.2) is 36.2 Å². The molecule has 0 aromatic rings. The molecule has 0 aromatic carbocycles. The first-order valence-corrected chi connectivity index (χ1v) is 26.7. The Hall–Kier alpha value is -4.92. The molecule has 29 heteroatoms. The van der Waals surface area contributed by atoms with Gasteiger partial charge in [-0.1, -0.05) is 0 Å². The Kier molecular flexibility index (Phi) is 20.6. The van der Waals surface area contributed by atoms with Gasteiger partial charge in [0.05, 0.1) is 25.2 Å². The van der Waals surface area contributed by atoms with Crippen molar-refractivity contribution in [3.8, 4) is 0 Å². The number of esters is 1. The topological polar surface area (TPSA) is 350 Å². The highest BCUT2D eigenvalue weighted by atomic mass is 16.9. The lowest BCUT2D eigenvalue weighted by Gasteiger charge is -2.32. The van der Waals surface area contributed by atoms with Crippen molar-refractivity contribution in [3.05, 3.63) is 0 Å². The Morgan fingerprint density at radius 2 is 0.725 bits per heavy atom. The minimum atomic E-state index is -1.30. The maximum Gasteiger partial charge on any atom is 0.408 e. The molecule has 0 unspecified atom stereocenters. The average molecular weight is 1150 g/mol. The summed E-state index contributed by atoms with van der Waals surface area (Å²) in [5.74, 6) is -8.20. The fourth-order valence-corrected chi connectivity index (χ4v) is 10.4. The van der Waals surface area contributed by atoms with E-state index in [2.05, 4.69) is 37.2 Å². The number of fused-ring (bicyclic) bond motifs is 3. The summed E-state index contributed by atoms with van der Waals surface area (Å²) in [5.41, 5.74) is -0.856. The van der Waals surface area contributed by atoms with Crippen molar-refractivity contribution in [2.45, 2.75) is 248 Å². The normalized spacial score (nSPS) is 32.3. The zero-order valence-electron chi connectivity index (χ0n) is 48.6. The average Bonchev–Trinajstić information content (AvgIpc) is 4.15. The molecule has 6 fully saturated rings. The van der Waals surface area contributed by atoms with Gasteiger partial charge in [-0.15, -0.1) is 0 Å². The van der Waals surface area contributed by atoms with Gasteiger partial charge in [-0.05, 0) is 90.0 Å². The van der Waals surface area contributed by atoms with Gasteiger partial charge in [0.1, 0.15) is 84.7 Å². The summed E-state index contributed by atoms with van der Waals surface area (Å²) in [5, 5.41) is 18.7. The highest BCUT2D eigenvalue weighted by Crippen LogP contribution is 2.42. The van der Waals surface area contributed by atoms with Crippen molar-refractivity contribution in [2.24, 2.45) is 0 Å². The first-order chi connectivity index (χ1) is 37.2. The van der Waals surface area contributed by atoms with Crippen molar-refractivity contribution in [2.75, 3.05) is 28.4 Å². The quantitative estimate of drug-likeness (QED) is 0.0596. The van der Waals surface area contributed by atoms with Crippen molar-refractivity contribution in [1.29, 1.82) is 0 Å². The third-order valence-corrected chi connectivity index (χ3v) is 13.9. The summed E-state index contributed by atoms with van der Waals surface area (Å²) in [6.07, 6.45) is -13.2. The molecule has 80 heavy (non-hydrogen) atoms. The number of hydrogen-bond acceptors (Lipinski definition) is 22. The molecule has 0 aliphatic carbocycles. The number of amides is 7. The molecule has 19 atom stereocenters. The number of rotatable bonds is 23. The Morgan fingerprint density at radius 1 is 0.438 bits per heavy atom. The van der Waals surface area contributed by atoms with Crippen LogP contribution in [0.25, 0.3) is 0 Å². The second-order valence-electron chi connectivity index (χ2n) is 23.0. The second-order valence-corrected chi connectivity index (χ2v) is 23.0. The maximum absolute atomic E-state index is 14.2. The molecule has 29 nitrogen and oxygen atoms in total. The molecule has 0 saturated carbocycles.